The number of carbonyl (C=O) groups is 1. The third-order valence-electron chi connectivity index (χ3n) is 4.08. The normalized spacial score (nSPS) is 16.9. The standard InChI is InChI=1S/C22H14ClFN2OS/c23-18-12-7-13-19(24)17(18)14-20-21(27)26(16-10-5-2-6-11-16)22(28-20)25-15-8-3-1-4-9-15/h1-14H/b20-14+,25-22?. The molecule has 0 radical (unpaired) electrons. The molecule has 0 saturated carbocycles. The summed E-state index contributed by atoms with van der Waals surface area (Å²) in [6.07, 6.45) is 1.48. The molecule has 3 aromatic carbocycles. The molecule has 0 bridgehead atoms. The number of benzene rings is 3. The first-order valence-electron chi connectivity index (χ1n) is 8.50. The summed E-state index contributed by atoms with van der Waals surface area (Å²) in [5.74, 6) is -0.752. The van der Waals surface area contributed by atoms with Crippen molar-refractivity contribution < 1.29 is 9.18 Å². The Labute approximate surface area is 171 Å². The van der Waals surface area contributed by atoms with Crippen molar-refractivity contribution in [1.82, 2.24) is 0 Å². The summed E-state index contributed by atoms with van der Waals surface area (Å²) < 4.78 is 14.2. The molecule has 0 N–H and O–H groups in total. The van der Waals surface area contributed by atoms with Crippen LogP contribution in [0.4, 0.5) is 15.8 Å². The SMILES string of the molecule is O=C1/C(=C\c2c(F)cccc2Cl)SC(=Nc2ccccc2)N1c1ccccc1. The lowest BCUT2D eigenvalue weighted by atomic mass is 10.2. The molecule has 0 spiro atoms. The molecular formula is C22H14ClFN2OS. The van der Waals surface area contributed by atoms with Crippen molar-refractivity contribution in [2.75, 3.05) is 4.90 Å². The van der Waals surface area contributed by atoms with E-state index in [1.54, 1.807) is 6.07 Å². The van der Waals surface area contributed by atoms with Crippen molar-refractivity contribution >= 4 is 51.9 Å². The van der Waals surface area contributed by atoms with Crippen LogP contribution in [-0.4, -0.2) is 11.1 Å². The lowest BCUT2D eigenvalue weighted by Gasteiger charge is -2.15. The van der Waals surface area contributed by atoms with Crippen LogP contribution in [-0.2, 0) is 4.79 Å². The maximum Gasteiger partial charge on any atom is 0.271 e. The van der Waals surface area contributed by atoms with E-state index in [2.05, 4.69) is 4.99 Å². The minimum atomic E-state index is -0.479. The molecule has 138 valence electrons. The minimum absolute atomic E-state index is 0.189. The fourth-order valence-corrected chi connectivity index (χ4v) is 3.95. The zero-order valence-electron chi connectivity index (χ0n) is 14.5. The highest BCUT2D eigenvalue weighted by molar-refractivity contribution is 8.19. The number of hydrogen-bond donors (Lipinski definition) is 0. The average Bonchev–Trinajstić information content (AvgIpc) is 3.01. The summed E-state index contributed by atoms with van der Waals surface area (Å²) in [4.78, 5) is 19.6. The van der Waals surface area contributed by atoms with Crippen LogP contribution < -0.4 is 4.90 Å². The molecule has 3 nitrogen and oxygen atoms in total. The van der Waals surface area contributed by atoms with Gasteiger partial charge < -0.3 is 0 Å². The van der Waals surface area contributed by atoms with Crippen LogP contribution in [0.3, 0.4) is 0 Å². The Morgan fingerprint density at radius 2 is 1.61 bits per heavy atom. The van der Waals surface area contributed by atoms with Gasteiger partial charge in [0, 0.05) is 5.56 Å². The van der Waals surface area contributed by atoms with Gasteiger partial charge in [0.25, 0.3) is 5.91 Å². The Morgan fingerprint density at radius 3 is 2.29 bits per heavy atom. The zero-order valence-corrected chi connectivity index (χ0v) is 16.1. The Kier molecular flexibility index (Phi) is 5.28. The molecule has 1 amide bonds. The maximum atomic E-state index is 14.2. The summed E-state index contributed by atoms with van der Waals surface area (Å²) in [5.41, 5.74) is 1.61. The number of hydrogen-bond acceptors (Lipinski definition) is 3. The van der Waals surface area contributed by atoms with Gasteiger partial charge in [-0.25, -0.2) is 9.38 Å². The molecule has 0 atom stereocenters. The smallest absolute Gasteiger partial charge is 0.268 e. The zero-order chi connectivity index (χ0) is 19.5. The van der Waals surface area contributed by atoms with Crippen LogP contribution in [0.5, 0.6) is 0 Å². The number of anilines is 1. The van der Waals surface area contributed by atoms with E-state index in [0.717, 1.165) is 5.69 Å². The lowest BCUT2D eigenvalue weighted by Crippen LogP contribution is -2.28. The number of halogens is 2. The van der Waals surface area contributed by atoms with E-state index >= 15 is 0 Å². The first-order chi connectivity index (χ1) is 13.6. The van der Waals surface area contributed by atoms with Crippen LogP contribution in [0.1, 0.15) is 5.56 Å². The van der Waals surface area contributed by atoms with E-state index in [9.17, 15) is 9.18 Å². The van der Waals surface area contributed by atoms with E-state index < -0.39 is 5.82 Å². The Bertz CT molecular complexity index is 1060. The number of nitrogens with zero attached hydrogens (tertiary/aromatic N) is 2. The number of para-hydroxylation sites is 2. The van der Waals surface area contributed by atoms with Gasteiger partial charge in [-0.05, 0) is 54.2 Å². The predicted octanol–water partition coefficient (Wildman–Crippen LogP) is 6.29. The van der Waals surface area contributed by atoms with Crippen molar-refractivity contribution in [1.29, 1.82) is 0 Å². The molecule has 0 aliphatic carbocycles. The summed E-state index contributed by atoms with van der Waals surface area (Å²) >= 11 is 7.32. The van der Waals surface area contributed by atoms with E-state index in [1.165, 1.54) is 34.9 Å². The lowest BCUT2D eigenvalue weighted by molar-refractivity contribution is -0.113. The summed E-state index contributed by atoms with van der Waals surface area (Å²) in [6.45, 7) is 0. The maximum absolute atomic E-state index is 14.2. The average molecular weight is 409 g/mol. The van der Waals surface area contributed by atoms with Crippen LogP contribution in [0.25, 0.3) is 6.08 Å². The van der Waals surface area contributed by atoms with Crippen LogP contribution in [0.15, 0.2) is 88.8 Å². The van der Waals surface area contributed by atoms with Crippen molar-refractivity contribution in [2.24, 2.45) is 4.99 Å². The molecule has 1 aliphatic heterocycles. The second-order valence-electron chi connectivity index (χ2n) is 5.95. The molecule has 0 unspecified atom stereocenters. The third-order valence-corrected chi connectivity index (χ3v) is 5.38. The molecular weight excluding hydrogens is 395 g/mol. The van der Waals surface area contributed by atoms with E-state index in [-0.39, 0.29) is 16.5 Å². The van der Waals surface area contributed by atoms with Gasteiger partial charge in [-0.15, -0.1) is 0 Å². The monoisotopic (exact) mass is 408 g/mol. The van der Waals surface area contributed by atoms with Crippen LogP contribution in [0.2, 0.25) is 5.02 Å². The Morgan fingerprint density at radius 1 is 0.929 bits per heavy atom. The molecule has 1 fully saturated rings. The predicted molar refractivity (Wildman–Crippen MR) is 114 cm³/mol. The number of amidine groups is 1. The summed E-state index contributed by atoms with van der Waals surface area (Å²) in [7, 11) is 0. The molecule has 1 heterocycles. The summed E-state index contributed by atoms with van der Waals surface area (Å²) in [6, 6.07) is 23.0. The minimum Gasteiger partial charge on any atom is -0.268 e. The Hall–Kier alpha value is -2.89. The van der Waals surface area contributed by atoms with Crippen LogP contribution in [0, 0.1) is 5.82 Å². The van der Waals surface area contributed by atoms with Gasteiger partial charge in [0.2, 0.25) is 0 Å². The molecule has 1 aliphatic rings. The van der Waals surface area contributed by atoms with Crippen molar-refractivity contribution in [2.45, 2.75) is 0 Å². The molecule has 4 rings (SSSR count). The van der Waals surface area contributed by atoms with Gasteiger partial charge in [-0.1, -0.05) is 54.1 Å². The van der Waals surface area contributed by atoms with E-state index in [1.807, 2.05) is 60.7 Å². The number of rotatable bonds is 3. The molecule has 0 aromatic heterocycles. The largest absolute Gasteiger partial charge is 0.271 e. The van der Waals surface area contributed by atoms with E-state index in [4.69, 9.17) is 11.6 Å². The second-order valence-corrected chi connectivity index (χ2v) is 7.37. The molecule has 1 saturated heterocycles. The fraction of sp³-hybridized carbons (Fsp3) is 0. The third kappa shape index (κ3) is 3.72. The first-order valence-corrected chi connectivity index (χ1v) is 9.70. The van der Waals surface area contributed by atoms with Gasteiger partial charge in [-0.3, -0.25) is 9.69 Å². The van der Waals surface area contributed by atoms with Crippen LogP contribution >= 0.6 is 23.4 Å². The highest BCUT2D eigenvalue weighted by Gasteiger charge is 2.35. The number of aliphatic imine (C=N–C) groups is 1. The molecule has 6 heteroatoms. The number of carbonyl (C=O) groups excluding carboxylic acids is 1. The number of thioether (sulfide) groups is 1. The van der Waals surface area contributed by atoms with Crippen molar-refractivity contribution in [3.8, 4) is 0 Å². The second kappa shape index (κ2) is 8.00. The Balaban J connectivity index is 1.81. The topological polar surface area (TPSA) is 32.7 Å². The van der Waals surface area contributed by atoms with Gasteiger partial charge >= 0.3 is 0 Å². The van der Waals surface area contributed by atoms with Gasteiger partial charge in [-0.2, -0.15) is 0 Å². The molecule has 3 aromatic rings. The number of amides is 1. The summed E-state index contributed by atoms with van der Waals surface area (Å²) in [5, 5.41) is 0.752. The molecule has 28 heavy (non-hydrogen) atoms. The van der Waals surface area contributed by atoms with Gasteiger partial charge in [0.05, 0.1) is 21.3 Å². The highest BCUT2D eigenvalue weighted by Crippen LogP contribution is 2.38. The quantitative estimate of drug-likeness (QED) is 0.477. The van der Waals surface area contributed by atoms with Gasteiger partial charge in [0.1, 0.15) is 5.82 Å². The van der Waals surface area contributed by atoms with E-state index in [0.29, 0.717) is 15.8 Å². The first kappa shape index (κ1) is 18.5. The van der Waals surface area contributed by atoms with Crippen molar-refractivity contribution in [3.63, 3.8) is 0 Å². The highest BCUT2D eigenvalue weighted by atomic mass is 35.5. The van der Waals surface area contributed by atoms with Crippen molar-refractivity contribution in [3.05, 3.63) is 100 Å². The van der Waals surface area contributed by atoms with Gasteiger partial charge in [0.15, 0.2) is 5.17 Å². The fourth-order valence-electron chi connectivity index (χ4n) is 2.75.